The van der Waals surface area contributed by atoms with Gasteiger partial charge in [-0.3, -0.25) is 9.59 Å². The highest BCUT2D eigenvalue weighted by Crippen LogP contribution is 2.30. The van der Waals surface area contributed by atoms with Crippen molar-refractivity contribution in [3.8, 4) is 17.3 Å². The Kier molecular flexibility index (Phi) is 6.67. The van der Waals surface area contributed by atoms with Crippen LogP contribution in [0.5, 0.6) is 11.5 Å². The number of carbonyl (C=O) groups is 1. The van der Waals surface area contributed by atoms with Crippen molar-refractivity contribution in [1.82, 2.24) is 19.9 Å². The van der Waals surface area contributed by atoms with Crippen LogP contribution in [0.25, 0.3) is 16.7 Å². The molecular weight excluding hydrogens is 464 g/mol. The van der Waals surface area contributed by atoms with E-state index < -0.39 is 0 Å². The van der Waals surface area contributed by atoms with Gasteiger partial charge in [0.25, 0.3) is 5.56 Å². The number of fused-ring (bicyclic) bond motifs is 2. The van der Waals surface area contributed by atoms with Gasteiger partial charge in [-0.15, -0.1) is 0 Å². The van der Waals surface area contributed by atoms with Gasteiger partial charge in [-0.05, 0) is 54.8 Å². The lowest BCUT2D eigenvalue weighted by Gasteiger charge is -2.18. The zero-order valence-electron chi connectivity index (χ0n) is 19.2. The Morgan fingerprint density at radius 2 is 1.91 bits per heavy atom. The number of benzene rings is 2. The van der Waals surface area contributed by atoms with Crippen LogP contribution in [0, 0.1) is 6.92 Å². The summed E-state index contributed by atoms with van der Waals surface area (Å²) in [5, 5.41) is 3.87. The third kappa shape index (κ3) is 5.00. The number of rotatable bonds is 7. The maximum absolute atomic E-state index is 13.3. The molecule has 178 valence electrons. The Morgan fingerprint density at radius 1 is 1.09 bits per heavy atom. The number of nitrogens with one attached hydrogen (secondary N) is 1. The van der Waals surface area contributed by atoms with Gasteiger partial charge >= 0.3 is 0 Å². The van der Waals surface area contributed by atoms with Crippen molar-refractivity contribution in [2.45, 2.75) is 18.5 Å². The molecule has 9 heteroatoms. The molecule has 0 aliphatic carbocycles. The smallest absolute Gasteiger partial charge is 0.267 e. The molecule has 0 saturated carbocycles. The van der Waals surface area contributed by atoms with Crippen molar-refractivity contribution in [3.63, 3.8) is 0 Å². The molecule has 0 unspecified atom stereocenters. The molecule has 0 fully saturated rings. The summed E-state index contributed by atoms with van der Waals surface area (Å²) in [5.41, 5.74) is 2.28. The summed E-state index contributed by atoms with van der Waals surface area (Å²) in [5.74, 6) is 1.98. The predicted molar refractivity (Wildman–Crippen MR) is 135 cm³/mol. The Balaban J connectivity index is 1.29. The molecule has 3 heterocycles. The van der Waals surface area contributed by atoms with Crippen molar-refractivity contribution in [1.29, 1.82) is 0 Å². The molecule has 1 aliphatic rings. The van der Waals surface area contributed by atoms with Gasteiger partial charge in [0.15, 0.2) is 16.7 Å². The lowest BCUT2D eigenvalue weighted by Crippen LogP contribution is -2.28. The first kappa shape index (κ1) is 22.9. The van der Waals surface area contributed by atoms with E-state index in [-0.39, 0.29) is 17.2 Å². The van der Waals surface area contributed by atoms with Crippen molar-refractivity contribution in [3.05, 3.63) is 82.3 Å². The average molecular weight is 489 g/mol. The van der Waals surface area contributed by atoms with Gasteiger partial charge in [0.2, 0.25) is 5.91 Å². The number of ether oxygens (including phenoxy) is 2. The molecule has 0 bridgehead atoms. The lowest BCUT2D eigenvalue weighted by molar-refractivity contribution is -0.118. The standard InChI is InChI=1S/C26H24N4O4S/c1-17-5-4-11-28-24(17)30-25(32)19-6-2-3-7-20(19)29-26(30)35-16-23(31)27-12-10-18-8-9-21-22(15-18)34-14-13-33-21/h2-9,11,15H,10,12-14,16H2,1H3,(H,27,31). The average Bonchev–Trinajstić information content (AvgIpc) is 2.88. The fourth-order valence-electron chi connectivity index (χ4n) is 3.88. The predicted octanol–water partition coefficient (Wildman–Crippen LogP) is 3.31. The van der Waals surface area contributed by atoms with Crippen LogP contribution in [0.4, 0.5) is 0 Å². The van der Waals surface area contributed by atoms with Crippen LogP contribution < -0.4 is 20.3 Å². The minimum atomic E-state index is -0.209. The second-order valence-electron chi connectivity index (χ2n) is 8.06. The summed E-state index contributed by atoms with van der Waals surface area (Å²) >= 11 is 1.22. The third-order valence-corrected chi connectivity index (χ3v) is 6.55. The van der Waals surface area contributed by atoms with Crippen LogP contribution in [0.2, 0.25) is 0 Å². The number of aromatic nitrogens is 3. The molecule has 8 nitrogen and oxygen atoms in total. The molecule has 1 aliphatic heterocycles. The van der Waals surface area contributed by atoms with Gasteiger partial charge in [0.1, 0.15) is 19.0 Å². The Labute approximate surface area is 206 Å². The van der Waals surface area contributed by atoms with E-state index in [1.165, 1.54) is 16.3 Å². The molecular formula is C26H24N4O4S. The van der Waals surface area contributed by atoms with Crippen molar-refractivity contribution in [2.24, 2.45) is 0 Å². The first-order valence-corrected chi connectivity index (χ1v) is 12.3. The molecule has 1 amide bonds. The molecule has 4 aromatic rings. The second kappa shape index (κ2) is 10.2. The minimum Gasteiger partial charge on any atom is -0.486 e. The van der Waals surface area contributed by atoms with E-state index in [2.05, 4.69) is 15.3 Å². The van der Waals surface area contributed by atoms with E-state index in [1.54, 1.807) is 18.3 Å². The number of nitrogens with zero attached hydrogens (tertiary/aromatic N) is 3. The number of hydrogen-bond donors (Lipinski definition) is 1. The molecule has 2 aromatic heterocycles. The lowest BCUT2D eigenvalue weighted by atomic mass is 10.1. The summed E-state index contributed by atoms with van der Waals surface area (Å²) in [6.07, 6.45) is 2.31. The molecule has 0 spiro atoms. The van der Waals surface area contributed by atoms with E-state index in [9.17, 15) is 9.59 Å². The number of hydrogen-bond acceptors (Lipinski definition) is 7. The quantitative estimate of drug-likeness (QED) is 0.315. The largest absolute Gasteiger partial charge is 0.486 e. The Hall–Kier alpha value is -3.85. The third-order valence-electron chi connectivity index (χ3n) is 5.61. The van der Waals surface area contributed by atoms with Crippen molar-refractivity contribution in [2.75, 3.05) is 25.5 Å². The summed E-state index contributed by atoms with van der Waals surface area (Å²) in [6.45, 7) is 3.47. The molecule has 5 rings (SSSR count). The molecule has 0 saturated heterocycles. The van der Waals surface area contributed by atoms with Gasteiger partial charge in [-0.2, -0.15) is 0 Å². The minimum absolute atomic E-state index is 0.123. The number of thioether (sulfide) groups is 1. The van der Waals surface area contributed by atoms with Crippen LogP contribution in [0.1, 0.15) is 11.1 Å². The Bertz CT molecular complexity index is 1450. The normalized spacial score (nSPS) is 12.5. The van der Waals surface area contributed by atoms with Gasteiger partial charge in [-0.1, -0.05) is 36.0 Å². The maximum Gasteiger partial charge on any atom is 0.267 e. The van der Waals surface area contributed by atoms with E-state index in [1.807, 2.05) is 49.4 Å². The number of para-hydroxylation sites is 1. The fourth-order valence-corrected chi connectivity index (χ4v) is 4.70. The molecule has 2 aromatic carbocycles. The summed E-state index contributed by atoms with van der Waals surface area (Å²) in [7, 11) is 0. The summed E-state index contributed by atoms with van der Waals surface area (Å²) < 4.78 is 12.7. The van der Waals surface area contributed by atoms with Crippen LogP contribution in [0.3, 0.4) is 0 Å². The zero-order valence-corrected chi connectivity index (χ0v) is 20.0. The fraction of sp³-hybridized carbons (Fsp3) is 0.231. The van der Waals surface area contributed by atoms with Crippen molar-refractivity contribution < 1.29 is 14.3 Å². The van der Waals surface area contributed by atoms with Gasteiger partial charge < -0.3 is 14.8 Å². The maximum atomic E-state index is 13.3. The highest BCUT2D eigenvalue weighted by atomic mass is 32.2. The molecule has 0 atom stereocenters. The van der Waals surface area contributed by atoms with Crippen LogP contribution >= 0.6 is 11.8 Å². The first-order valence-electron chi connectivity index (χ1n) is 11.3. The van der Waals surface area contributed by atoms with E-state index in [0.29, 0.717) is 48.1 Å². The number of carbonyl (C=O) groups excluding carboxylic acids is 1. The molecule has 1 N–H and O–H groups in total. The topological polar surface area (TPSA) is 95.3 Å². The van der Waals surface area contributed by atoms with Gasteiger partial charge in [-0.25, -0.2) is 14.5 Å². The van der Waals surface area contributed by atoms with Crippen LogP contribution in [-0.2, 0) is 11.2 Å². The number of pyridine rings is 1. The number of amides is 1. The summed E-state index contributed by atoms with van der Waals surface area (Å²) in [4.78, 5) is 35.0. The molecule has 0 radical (unpaired) electrons. The van der Waals surface area contributed by atoms with Gasteiger partial charge in [0.05, 0.1) is 16.7 Å². The Morgan fingerprint density at radius 3 is 2.77 bits per heavy atom. The SMILES string of the molecule is Cc1cccnc1-n1c(SCC(=O)NCCc2ccc3c(c2)OCCO3)nc2ccccc2c1=O. The highest BCUT2D eigenvalue weighted by molar-refractivity contribution is 7.99. The van der Waals surface area contributed by atoms with Crippen LogP contribution in [-0.4, -0.2) is 46.0 Å². The van der Waals surface area contributed by atoms with E-state index in [4.69, 9.17) is 9.47 Å². The second-order valence-corrected chi connectivity index (χ2v) is 9.01. The zero-order chi connectivity index (χ0) is 24.2. The van der Waals surface area contributed by atoms with Gasteiger partial charge in [0, 0.05) is 12.7 Å². The van der Waals surface area contributed by atoms with Crippen LogP contribution in [0.15, 0.2) is 70.7 Å². The number of aryl methyl sites for hydroxylation is 1. The van der Waals surface area contributed by atoms with Crippen molar-refractivity contribution >= 4 is 28.6 Å². The monoisotopic (exact) mass is 488 g/mol. The van der Waals surface area contributed by atoms with E-state index in [0.717, 1.165) is 22.6 Å². The highest BCUT2D eigenvalue weighted by Gasteiger charge is 2.17. The molecule has 35 heavy (non-hydrogen) atoms. The van der Waals surface area contributed by atoms with E-state index >= 15 is 0 Å². The first-order chi connectivity index (χ1) is 17.1. The summed E-state index contributed by atoms with van der Waals surface area (Å²) in [6, 6.07) is 16.7.